The number of para-hydroxylation sites is 1. The van der Waals surface area contributed by atoms with Crippen molar-refractivity contribution in [2.45, 2.75) is 18.8 Å². The molecule has 156 valence electrons. The van der Waals surface area contributed by atoms with E-state index in [9.17, 15) is 5.11 Å². The minimum atomic E-state index is -0.583. The summed E-state index contributed by atoms with van der Waals surface area (Å²) in [6.45, 7) is 0.993. The van der Waals surface area contributed by atoms with Crippen LogP contribution in [0.4, 0.5) is 0 Å². The van der Waals surface area contributed by atoms with E-state index in [1.165, 1.54) is 0 Å². The van der Waals surface area contributed by atoms with Crippen LogP contribution in [-0.4, -0.2) is 29.4 Å². The molecule has 4 rings (SSSR count). The molecular weight excluding hydrogens is 392 g/mol. The van der Waals surface area contributed by atoms with Crippen molar-refractivity contribution >= 4 is 24.4 Å². The molecule has 0 saturated heterocycles. The van der Waals surface area contributed by atoms with Crippen molar-refractivity contribution in [3.05, 3.63) is 102 Å². The zero-order valence-electron chi connectivity index (χ0n) is 17.0. The van der Waals surface area contributed by atoms with E-state index in [1.807, 2.05) is 61.8 Å². The number of hydrogen-bond acceptors (Lipinski definition) is 3. The summed E-state index contributed by atoms with van der Waals surface area (Å²) in [6.07, 6.45) is 1.46. The van der Waals surface area contributed by atoms with Crippen LogP contribution in [0.1, 0.15) is 17.2 Å². The Balaban J connectivity index is 0.00000256. The first-order chi connectivity index (χ1) is 14.3. The molecule has 3 aromatic carbocycles. The first-order valence-electron chi connectivity index (χ1n) is 9.92. The van der Waals surface area contributed by atoms with Gasteiger partial charge in [0.1, 0.15) is 12.4 Å². The number of aliphatic hydroxyl groups excluding tert-OH is 1. The highest BCUT2D eigenvalue weighted by atomic mass is 32.1. The number of aliphatic hydroxyl groups is 1. The highest BCUT2D eigenvalue weighted by molar-refractivity contribution is 7.59. The predicted molar refractivity (Wildman–Crippen MR) is 128 cm³/mol. The van der Waals surface area contributed by atoms with Gasteiger partial charge in [-0.3, -0.25) is 0 Å². The van der Waals surface area contributed by atoms with Crippen molar-refractivity contribution in [1.82, 2.24) is 9.88 Å². The highest BCUT2D eigenvalue weighted by Gasteiger charge is 2.24. The molecule has 0 aliphatic carbocycles. The first kappa shape index (κ1) is 22.0. The van der Waals surface area contributed by atoms with Gasteiger partial charge < -0.3 is 19.7 Å². The lowest BCUT2D eigenvalue weighted by molar-refractivity contribution is 0.132. The number of nitrogens with zero attached hydrogens (tertiary/aromatic N) is 1. The van der Waals surface area contributed by atoms with Crippen LogP contribution in [-0.2, 0) is 6.61 Å². The summed E-state index contributed by atoms with van der Waals surface area (Å²) >= 11 is 0. The molecular formula is C25H28N2O2S. The average Bonchev–Trinajstić information content (AvgIpc) is 3.19. The summed E-state index contributed by atoms with van der Waals surface area (Å²) in [5.41, 5.74) is 3.18. The molecule has 4 aromatic rings. The van der Waals surface area contributed by atoms with Crippen LogP contribution >= 0.6 is 13.5 Å². The zero-order chi connectivity index (χ0) is 20.1. The maximum Gasteiger partial charge on any atom is 0.144 e. The summed E-state index contributed by atoms with van der Waals surface area (Å²) in [7, 11) is 1.85. The maximum atomic E-state index is 11.0. The topological polar surface area (TPSA) is 46.4 Å². The van der Waals surface area contributed by atoms with E-state index in [4.69, 9.17) is 4.74 Å². The second kappa shape index (κ2) is 10.3. The fraction of sp³-hybridized carbons (Fsp3) is 0.200. The van der Waals surface area contributed by atoms with Crippen molar-refractivity contribution in [3.63, 3.8) is 0 Å². The normalized spacial score (nSPS) is 12.9. The lowest BCUT2D eigenvalue weighted by Gasteiger charge is -2.26. The van der Waals surface area contributed by atoms with Gasteiger partial charge in [-0.15, -0.1) is 0 Å². The molecule has 1 aromatic heterocycles. The third-order valence-electron chi connectivity index (χ3n) is 5.16. The lowest BCUT2D eigenvalue weighted by atomic mass is 10.0. The third kappa shape index (κ3) is 4.70. The van der Waals surface area contributed by atoms with Gasteiger partial charge in [0.25, 0.3) is 0 Å². The van der Waals surface area contributed by atoms with Gasteiger partial charge in [0, 0.05) is 18.1 Å². The van der Waals surface area contributed by atoms with Crippen LogP contribution in [0.15, 0.2) is 91.1 Å². The monoisotopic (exact) mass is 420 g/mol. The van der Waals surface area contributed by atoms with E-state index < -0.39 is 6.10 Å². The van der Waals surface area contributed by atoms with Gasteiger partial charge in [0.15, 0.2) is 0 Å². The van der Waals surface area contributed by atoms with E-state index in [0.29, 0.717) is 13.2 Å². The Labute approximate surface area is 184 Å². The summed E-state index contributed by atoms with van der Waals surface area (Å²) in [6, 6.07) is 28.2. The molecule has 30 heavy (non-hydrogen) atoms. The molecule has 4 nitrogen and oxygen atoms in total. The quantitative estimate of drug-likeness (QED) is 0.441. The molecule has 1 heterocycles. The summed E-state index contributed by atoms with van der Waals surface area (Å²) in [5.74, 6) is 0.814. The Bertz CT molecular complexity index is 1050. The smallest absolute Gasteiger partial charge is 0.144 e. The third-order valence-corrected chi connectivity index (χ3v) is 5.16. The molecule has 0 aliphatic rings. The number of likely N-dealkylation sites (N-methyl/N-ethyl adjacent to an activating group) is 1. The van der Waals surface area contributed by atoms with Gasteiger partial charge in [-0.1, -0.05) is 72.8 Å². The highest BCUT2D eigenvalue weighted by Crippen LogP contribution is 2.33. The van der Waals surface area contributed by atoms with Gasteiger partial charge in [-0.2, -0.15) is 13.5 Å². The van der Waals surface area contributed by atoms with Crippen molar-refractivity contribution in [2.75, 3.05) is 13.6 Å². The Morgan fingerprint density at radius 1 is 0.900 bits per heavy atom. The number of aromatic nitrogens is 1. The van der Waals surface area contributed by atoms with Crippen LogP contribution in [0.5, 0.6) is 5.75 Å². The fourth-order valence-corrected chi connectivity index (χ4v) is 3.81. The molecule has 0 spiro atoms. The van der Waals surface area contributed by atoms with Crippen LogP contribution in [0.2, 0.25) is 0 Å². The minimum absolute atomic E-state index is 0. The Hall–Kier alpha value is -2.73. The molecule has 0 bridgehead atoms. The van der Waals surface area contributed by atoms with Gasteiger partial charge in [0.2, 0.25) is 0 Å². The average molecular weight is 421 g/mol. The zero-order valence-corrected chi connectivity index (χ0v) is 18.0. The van der Waals surface area contributed by atoms with E-state index in [2.05, 4.69) is 46.3 Å². The Morgan fingerprint density at radius 3 is 2.30 bits per heavy atom. The Kier molecular flexibility index (Phi) is 7.57. The van der Waals surface area contributed by atoms with Gasteiger partial charge in [0.05, 0.1) is 17.7 Å². The molecule has 2 N–H and O–H groups in total. The summed E-state index contributed by atoms with van der Waals surface area (Å²) < 4.78 is 8.34. The van der Waals surface area contributed by atoms with Crippen LogP contribution in [0.25, 0.3) is 10.9 Å². The Morgan fingerprint density at radius 2 is 1.60 bits per heavy atom. The van der Waals surface area contributed by atoms with E-state index in [1.54, 1.807) is 0 Å². The van der Waals surface area contributed by atoms with E-state index in [0.717, 1.165) is 27.8 Å². The first-order valence-corrected chi connectivity index (χ1v) is 9.92. The molecule has 0 amide bonds. The number of rotatable bonds is 8. The molecule has 0 saturated carbocycles. The lowest BCUT2D eigenvalue weighted by Crippen LogP contribution is -2.33. The van der Waals surface area contributed by atoms with Gasteiger partial charge in [-0.05, 0) is 30.3 Å². The number of nitrogens with one attached hydrogen (secondary N) is 1. The molecule has 0 aliphatic heterocycles. The van der Waals surface area contributed by atoms with Crippen LogP contribution in [0.3, 0.4) is 0 Å². The second-order valence-corrected chi connectivity index (χ2v) is 7.17. The number of hydrogen-bond donors (Lipinski definition) is 2. The van der Waals surface area contributed by atoms with Gasteiger partial charge >= 0.3 is 0 Å². The maximum absolute atomic E-state index is 11.0. The van der Waals surface area contributed by atoms with Crippen molar-refractivity contribution in [2.24, 2.45) is 0 Å². The standard InChI is InChI=1S/C25H26N2O2.H2S/c1-26-17-22(28)24(20-11-6-3-7-12-20)27-16-15-21-13-8-14-23(25(21)27)29-18-19-9-4-2-5-10-19;/h2-16,22,24,26,28H,17-18H2,1H3;1H2/t22-,24+;/m1./s1. The molecule has 0 fully saturated rings. The largest absolute Gasteiger partial charge is 0.487 e. The summed E-state index contributed by atoms with van der Waals surface area (Å²) in [5, 5.41) is 15.2. The fourth-order valence-electron chi connectivity index (χ4n) is 3.81. The SMILES string of the molecule is CNC[C@@H](O)[C@H](c1ccccc1)n1ccc2cccc(OCc3ccccc3)c21.S. The number of fused-ring (bicyclic) bond motifs is 1. The van der Waals surface area contributed by atoms with Crippen molar-refractivity contribution in [3.8, 4) is 5.75 Å². The predicted octanol–water partition coefficient (Wildman–Crippen LogP) is 4.50. The van der Waals surface area contributed by atoms with E-state index >= 15 is 0 Å². The van der Waals surface area contributed by atoms with Crippen LogP contribution < -0.4 is 10.1 Å². The molecule has 0 radical (unpaired) electrons. The molecule has 2 atom stereocenters. The van der Waals surface area contributed by atoms with Crippen molar-refractivity contribution < 1.29 is 9.84 Å². The number of benzene rings is 3. The van der Waals surface area contributed by atoms with Crippen LogP contribution in [0, 0.1) is 0 Å². The second-order valence-electron chi connectivity index (χ2n) is 7.17. The minimum Gasteiger partial charge on any atom is -0.487 e. The molecule has 5 heteroatoms. The van der Waals surface area contributed by atoms with E-state index in [-0.39, 0.29) is 19.5 Å². The molecule has 0 unspecified atom stereocenters. The van der Waals surface area contributed by atoms with Gasteiger partial charge in [-0.25, -0.2) is 0 Å². The van der Waals surface area contributed by atoms with Crippen molar-refractivity contribution in [1.29, 1.82) is 0 Å². The summed E-state index contributed by atoms with van der Waals surface area (Å²) in [4.78, 5) is 0. The number of ether oxygens (including phenoxy) is 1.